The summed E-state index contributed by atoms with van der Waals surface area (Å²) in [5.74, 6) is -1.05. The Kier molecular flexibility index (Phi) is 5.14. The number of hydrogen-bond donors (Lipinski definition) is 2. The third kappa shape index (κ3) is 4.18. The van der Waals surface area contributed by atoms with E-state index in [2.05, 4.69) is 10.3 Å². The molecule has 0 aromatic carbocycles. The van der Waals surface area contributed by atoms with Crippen LogP contribution in [0.4, 0.5) is 4.79 Å². The normalized spacial score (nSPS) is 21.0. The van der Waals surface area contributed by atoms with Crippen LogP contribution >= 0.6 is 0 Å². The number of aliphatic carboxylic acids is 1. The molecule has 1 heterocycles. The second kappa shape index (κ2) is 7.06. The Morgan fingerprint density at radius 1 is 1.43 bits per heavy atom. The molecule has 2 amide bonds. The number of amides is 2. The highest BCUT2D eigenvalue weighted by Crippen LogP contribution is 2.31. The van der Waals surface area contributed by atoms with Crippen molar-refractivity contribution in [2.45, 2.75) is 25.8 Å². The van der Waals surface area contributed by atoms with Crippen LogP contribution in [0.3, 0.4) is 0 Å². The zero-order chi connectivity index (χ0) is 15.2. The van der Waals surface area contributed by atoms with E-state index in [4.69, 9.17) is 5.11 Å². The minimum atomic E-state index is -0.756. The molecule has 1 aliphatic carbocycles. The van der Waals surface area contributed by atoms with Crippen molar-refractivity contribution >= 4 is 12.0 Å². The van der Waals surface area contributed by atoms with Gasteiger partial charge in [-0.05, 0) is 30.9 Å². The topological polar surface area (TPSA) is 82.5 Å². The lowest BCUT2D eigenvalue weighted by Crippen LogP contribution is -2.40. The van der Waals surface area contributed by atoms with Gasteiger partial charge in [0, 0.05) is 19.8 Å². The summed E-state index contributed by atoms with van der Waals surface area (Å²) in [5, 5.41) is 11.9. The third-order valence-corrected chi connectivity index (χ3v) is 3.96. The molecule has 0 bridgehead atoms. The monoisotopic (exact) mass is 291 g/mol. The number of carbonyl (C=O) groups is 2. The van der Waals surface area contributed by atoms with Crippen LogP contribution in [-0.4, -0.2) is 40.6 Å². The molecule has 21 heavy (non-hydrogen) atoms. The highest BCUT2D eigenvalue weighted by molar-refractivity contribution is 5.74. The van der Waals surface area contributed by atoms with E-state index >= 15 is 0 Å². The maximum absolute atomic E-state index is 12.0. The number of rotatable bonds is 5. The van der Waals surface area contributed by atoms with Crippen LogP contribution in [0.15, 0.2) is 24.4 Å². The van der Waals surface area contributed by atoms with E-state index < -0.39 is 5.97 Å². The summed E-state index contributed by atoms with van der Waals surface area (Å²) >= 11 is 0. The number of carboxylic acid groups (broad SMARTS) is 1. The van der Waals surface area contributed by atoms with E-state index in [0.29, 0.717) is 19.5 Å². The number of carboxylic acids is 1. The van der Waals surface area contributed by atoms with Crippen molar-refractivity contribution in [1.29, 1.82) is 0 Å². The fraction of sp³-hybridized carbons (Fsp3) is 0.533. The molecule has 1 aromatic heterocycles. The highest BCUT2D eigenvalue weighted by Gasteiger charge is 2.33. The Hall–Kier alpha value is -2.11. The van der Waals surface area contributed by atoms with Crippen molar-refractivity contribution < 1.29 is 14.7 Å². The van der Waals surface area contributed by atoms with Gasteiger partial charge in [-0.1, -0.05) is 12.5 Å². The first-order valence-electron chi connectivity index (χ1n) is 7.19. The first kappa shape index (κ1) is 15.3. The molecule has 0 spiro atoms. The second-order valence-corrected chi connectivity index (χ2v) is 5.50. The van der Waals surface area contributed by atoms with Crippen LogP contribution in [0.2, 0.25) is 0 Å². The summed E-state index contributed by atoms with van der Waals surface area (Å²) in [7, 11) is 1.70. The lowest BCUT2D eigenvalue weighted by atomic mass is 9.96. The molecule has 114 valence electrons. The zero-order valence-electron chi connectivity index (χ0n) is 12.2. The average Bonchev–Trinajstić information content (AvgIpc) is 2.94. The van der Waals surface area contributed by atoms with Gasteiger partial charge in [0.25, 0.3) is 0 Å². The number of nitrogens with zero attached hydrogens (tertiary/aromatic N) is 2. The molecule has 6 heteroatoms. The summed E-state index contributed by atoms with van der Waals surface area (Å²) in [4.78, 5) is 28.8. The van der Waals surface area contributed by atoms with E-state index in [0.717, 1.165) is 18.5 Å². The van der Waals surface area contributed by atoms with Crippen LogP contribution in [0.1, 0.15) is 25.0 Å². The smallest absolute Gasteiger partial charge is 0.317 e. The molecule has 0 radical (unpaired) electrons. The van der Waals surface area contributed by atoms with Crippen molar-refractivity contribution in [3.63, 3.8) is 0 Å². The van der Waals surface area contributed by atoms with Gasteiger partial charge in [0.05, 0.1) is 18.2 Å². The largest absolute Gasteiger partial charge is 0.481 e. The van der Waals surface area contributed by atoms with Gasteiger partial charge in [-0.15, -0.1) is 0 Å². The number of pyridine rings is 1. The Morgan fingerprint density at radius 3 is 2.90 bits per heavy atom. The number of nitrogens with one attached hydrogen (secondary N) is 1. The maximum Gasteiger partial charge on any atom is 0.317 e. The average molecular weight is 291 g/mol. The van der Waals surface area contributed by atoms with Crippen LogP contribution in [-0.2, 0) is 11.3 Å². The molecule has 1 aliphatic rings. The standard InChI is InChI=1S/C15H21N3O3/c1-18(10-12-6-2-3-8-16-12)15(21)17-9-11-5-4-7-13(11)14(19)20/h2-3,6,8,11,13H,4-5,7,9-10H2,1H3,(H,17,21)(H,19,20). The van der Waals surface area contributed by atoms with E-state index in [9.17, 15) is 9.59 Å². The molecule has 0 aliphatic heterocycles. The summed E-state index contributed by atoms with van der Waals surface area (Å²) in [5.41, 5.74) is 0.819. The molecule has 1 aromatic rings. The van der Waals surface area contributed by atoms with Crippen molar-refractivity contribution in [1.82, 2.24) is 15.2 Å². The van der Waals surface area contributed by atoms with Crippen LogP contribution < -0.4 is 5.32 Å². The van der Waals surface area contributed by atoms with Gasteiger partial charge in [-0.3, -0.25) is 9.78 Å². The Bertz CT molecular complexity index is 492. The van der Waals surface area contributed by atoms with E-state index in [1.165, 1.54) is 0 Å². The maximum atomic E-state index is 12.0. The molecule has 2 unspecified atom stereocenters. The van der Waals surface area contributed by atoms with E-state index in [1.807, 2.05) is 18.2 Å². The van der Waals surface area contributed by atoms with Crippen LogP contribution in [0.25, 0.3) is 0 Å². The van der Waals surface area contributed by atoms with Crippen LogP contribution in [0.5, 0.6) is 0 Å². The lowest BCUT2D eigenvalue weighted by molar-refractivity contribution is -0.142. The lowest BCUT2D eigenvalue weighted by Gasteiger charge is -2.21. The summed E-state index contributed by atoms with van der Waals surface area (Å²) < 4.78 is 0. The molecule has 1 fully saturated rings. The van der Waals surface area contributed by atoms with Gasteiger partial charge in [-0.25, -0.2) is 4.79 Å². The minimum Gasteiger partial charge on any atom is -0.481 e. The Labute approximate surface area is 124 Å². The van der Waals surface area contributed by atoms with E-state index in [1.54, 1.807) is 18.1 Å². The predicted molar refractivity (Wildman–Crippen MR) is 77.6 cm³/mol. The number of carbonyl (C=O) groups excluding carboxylic acids is 1. The fourth-order valence-corrected chi connectivity index (χ4v) is 2.77. The van der Waals surface area contributed by atoms with Gasteiger partial charge in [-0.2, -0.15) is 0 Å². The Morgan fingerprint density at radius 2 is 2.24 bits per heavy atom. The summed E-state index contributed by atoms with van der Waals surface area (Å²) in [6.07, 6.45) is 4.18. The SMILES string of the molecule is CN(Cc1ccccn1)C(=O)NCC1CCCC1C(=O)O. The fourth-order valence-electron chi connectivity index (χ4n) is 2.77. The Balaban J connectivity index is 1.80. The first-order chi connectivity index (χ1) is 10.1. The van der Waals surface area contributed by atoms with Crippen molar-refractivity contribution in [2.75, 3.05) is 13.6 Å². The molecule has 6 nitrogen and oxygen atoms in total. The van der Waals surface area contributed by atoms with Gasteiger partial charge in [0.2, 0.25) is 0 Å². The van der Waals surface area contributed by atoms with Crippen LogP contribution in [0, 0.1) is 11.8 Å². The van der Waals surface area contributed by atoms with Gasteiger partial charge < -0.3 is 15.3 Å². The number of urea groups is 1. The molecule has 0 saturated heterocycles. The third-order valence-electron chi connectivity index (χ3n) is 3.96. The van der Waals surface area contributed by atoms with Gasteiger partial charge in [0.15, 0.2) is 0 Å². The molecular formula is C15H21N3O3. The van der Waals surface area contributed by atoms with Crippen molar-refractivity contribution in [3.8, 4) is 0 Å². The molecular weight excluding hydrogens is 270 g/mol. The van der Waals surface area contributed by atoms with Gasteiger partial charge >= 0.3 is 12.0 Å². The number of aromatic nitrogens is 1. The van der Waals surface area contributed by atoms with Crippen molar-refractivity contribution in [2.24, 2.45) is 11.8 Å². The zero-order valence-corrected chi connectivity index (χ0v) is 12.2. The molecule has 2 N–H and O–H groups in total. The predicted octanol–water partition coefficient (Wildman–Crippen LogP) is 1.72. The quantitative estimate of drug-likeness (QED) is 0.865. The first-order valence-corrected chi connectivity index (χ1v) is 7.19. The molecule has 2 atom stereocenters. The van der Waals surface area contributed by atoms with E-state index in [-0.39, 0.29) is 17.9 Å². The number of hydrogen-bond acceptors (Lipinski definition) is 3. The van der Waals surface area contributed by atoms with Crippen molar-refractivity contribution in [3.05, 3.63) is 30.1 Å². The molecule has 2 rings (SSSR count). The minimum absolute atomic E-state index is 0.0368. The summed E-state index contributed by atoms with van der Waals surface area (Å²) in [6.45, 7) is 0.849. The highest BCUT2D eigenvalue weighted by atomic mass is 16.4. The molecule has 1 saturated carbocycles. The van der Waals surface area contributed by atoms with Gasteiger partial charge in [0.1, 0.15) is 0 Å². The summed E-state index contributed by atoms with van der Waals surface area (Å²) in [6, 6.07) is 5.37. The second-order valence-electron chi connectivity index (χ2n) is 5.50.